The summed E-state index contributed by atoms with van der Waals surface area (Å²) in [5.41, 5.74) is 2.27. The molecule has 7 heteroatoms. The number of ether oxygens (including phenoxy) is 2. The summed E-state index contributed by atoms with van der Waals surface area (Å²) in [6.45, 7) is 1.03. The van der Waals surface area contributed by atoms with Gasteiger partial charge < -0.3 is 19.3 Å². The van der Waals surface area contributed by atoms with Crippen molar-refractivity contribution >= 4 is 22.5 Å². The second-order valence-electron chi connectivity index (χ2n) is 6.27. The van der Waals surface area contributed by atoms with Crippen molar-refractivity contribution in [1.82, 2.24) is 10.1 Å². The molecule has 0 fully saturated rings. The number of amides is 1. The normalized spacial score (nSPS) is 12.7. The summed E-state index contributed by atoms with van der Waals surface area (Å²) in [4.78, 5) is 17.0. The highest BCUT2D eigenvalue weighted by Crippen LogP contribution is 2.34. The summed E-state index contributed by atoms with van der Waals surface area (Å²) < 4.78 is 16.5. The molecule has 2 aromatic heterocycles. The lowest BCUT2D eigenvalue weighted by molar-refractivity contribution is 0.101. The number of carbonyl (C=O) groups excluding carboxylic acids is 1. The summed E-state index contributed by atoms with van der Waals surface area (Å²) in [6.07, 6.45) is 1.69. The molecule has 0 saturated heterocycles. The lowest BCUT2D eigenvalue weighted by Crippen LogP contribution is -2.15. The van der Waals surface area contributed by atoms with Gasteiger partial charge >= 0.3 is 0 Å². The van der Waals surface area contributed by atoms with Gasteiger partial charge in [-0.2, -0.15) is 0 Å². The molecular formula is C21H15N3O4. The molecule has 1 amide bonds. The van der Waals surface area contributed by atoms with Gasteiger partial charge in [-0.05, 0) is 30.3 Å². The highest BCUT2D eigenvalue weighted by molar-refractivity contribution is 6.07. The molecular weight excluding hydrogens is 358 g/mol. The Labute approximate surface area is 159 Å². The number of hydrogen-bond donors (Lipinski definition) is 1. The maximum absolute atomic E-state index is 12.6. The van der Waals surface area contributed by atoms with Gasteiger partial charge in [-0.25, -0.2) is 0 Å². The van der Waals surface area contributed by atoms with E-state index in [1.807, 2.05) is 42.5 Å². The first kappa shape index (κ1) is 16.3. The Morgan fingerprint density at radius 3 is 2.75 bits per heavy atom. The Balaban J connectivity index is 1.40. The number of nitrogens with one attached hydrogen (secondary N) is 1. The number of anilines is 1. The Morgan fingerprint density at radius 2 is 1.82 bits per heavy atom. The molecule has 1 N–H and O–H groups in total. The Bertz CT molecular complexity index is 1180. The molecule has 5 rings (SSSR count). The lowest BCUT2D eigenvalue weighted by Gasteiger charge is -2.18. The fourth-order valence-electron chi connectivity index (χ4n) is 3.11. The van der Waals surface area contributed by atoms with Crippen LogP contribution in [0.25, 0.3) is 22.2 Å². The molecule has 0 radical (unpaired) electrons. The second kappa shape index (κ2) is 6.70. The Hall–Kier alpha value is -3.87. The maximum atomic E-state index is 12.6. The molecule has 138 valence electrons. The van der Waals surface area contributed by atoms with Gasteiger partial charge in [0, 0.05) is 23.2 Å². The van der Waals surface area contributed by atoms with E-state index in [-0.39, 0.29) is 11.6 Å². The minimum absolute atomic E-state index is 0.179. The van der Waals surface area contributed by atoms with Crippen LogP contribution in [-0.2, 0) is 0 Å². The van der Waals surface area contributed by atoms with Crippen molar-refractivity contribution < 1.29 is 18.8 Å². The topological polar surface area (TPSA) is 86.5 Å². The zero-order chi connectivity index (χ0) is 18.9. The Morgan fingerprint density at radius 1 is 0.964 bits per heavy atom. The molecule has 28 heavy (non-hydrogen) atoms. The molecule has 0 unspecified atom stereocenters. The second-order valence-corrected chi connectivity index (χ2v) is 6.27. The van der Waals surface area contributed by atoms with Crippen LogP contribution in [0.4, 0.5) is 5.69 Å². The quantitative estimate of drug-likeness (QED) is 0.586. The number of fused-ring (bicyclic) bond motifs is 2. The maximum Gasteiger partial charge on any atom is 0.277 e. The van der Waals surface area contributed by atoms with Gasteiger partial charge in [0.2, 0.25) is 0 Å². The third kappa shape index (κ3) is 2.92. The number of hydrogen-bond acceptors (Lipinski definition) is 6. The summed E-state index contributed by atoms with van der Waals surface area (Å²) in [5.74, 6) is 1.44. The van der Waals surface area contributed by atoms with Gasteiger partial charge in [-0.15, -0.1) is 0 Å². The van der Waals surface area contributed by atoms with E-state index in [4.69, 9.17) is 14.0 Å². The number of nitrogens with zero attached hydrogens (tertiary/aromatic N) is 2. The minimum atomic E-state index is -0.370. The lowest BCUT2D eigenvalue weighted by atomic mass is 10.1. The molecule has 1 aliphatic rings. The van der Waals surface area contributed by atoms with E-state index in [0.717, 1.165) is 10.9 Å². The van der Waals surface area contributed by atoms with Gasteiger partial charge in [0.25, 0.3) is 5.91 Å². The van der Waals surface area contributed by atoms with Crippen LogP contribution >= 0.6 is 0 Å². The average molecular weight is 373 g/mol. The number of rotatable bonds is 3. The van der Waals surface area contributed by atoms with Crippen molar-refractivity contribution in [2.45, 2.75) is 0 Å². The molecule has 3 heterocycles. The summed E-state index contributed by atoms with van der Waals surface area (Å²) in [6, 6.07) is 16.5. The molecule has 0 saturated carbocycles. The molecule has 4 aromatic rings. The van der Waals surface area contributed by atoms with Crippen molar-refractivity contribution in [3.63, 3.8) is 0 Å². The first-order valence-corrected chi connectivity index (χ1v) is 8.80. The van der Waals surface area contributed by atoms with Crippen LogP contribution in [0.15, 0.2) is 65.3 Å². The number of benzene rings is 2. The number of aromatic nitrogens is 2. The summed E-state index contributed by atoms with van der Waals surface area (Å²) in [5, 5.41) is 7.69. The predicted molar refractivity (Wildman–Crippen MR) is 103 cm³/mol. The molecule has 0 spiro atoms. The van der Waals surface area contributed by atoms with E-state index in [1.165, 1.54) is 0 Å². The monoisotopic (exact) mass is 373 g/mol. The SMILES string of the molecule is O=C(Nc1cccc2cccnc12)c1cc(-c2ccc3c(c2)OCCO3)on1. The fraction of sp³-hybridized carbons (Fsp3) is 0.0952. The number of para-hydroxylation sites is 1. The van der Waals surface area contributed by atoms with Crippen molar-refractivity contribution in [3.05, 3.63) is 66.5 Å². The molecule has 7 nitrogen and oxygen atoms in total. The standard InChI is InChI=1S/C21H15N3O4/c25-21(23-15-5-1-3-13-4-2-8-22-20(13)15)16-12-18(28-24-16)14-6-7-17-19(11-14)27-10-9-26-17/h1-8,11-12H,9-10H2,(H,23,25). The van der Waals surface area contributed by atoms with Crippen LogP contribution in [0.5, 0.6) is 11.5 Å². The fourth-order valence-corrected chi connectivity index (χ4v) is 3.11. The van der Waals surface area contributed by atoms with E-state index in [1.54, 1.807) is 18.3 Å². The van der Waals surface area contributed by atoms with Crippen LogP contribution in [0.2, 0.25) is 0 Å². The van der Waals surface area contributed by atoms with Crippen molar-refractivity contribution in [2.75, 3.05) is 18.5 Å². The van der Waals surface area contributed by atoms with E-state index in [0.29, 0.717) is 41.7 Å². The highest BCUT2D eigenvalue weighted by Gasteiger charge is 2.18. The minimum Gasteiger partial charge on any atom is -0.486 e. The molecule has 0 aliphatic carbocycles. The zero-order valence-corrected chi connectivity index (χ0v) is 14.7. The summed E-state index contributed by atoms with van der Waals surface area (Å²) in [7, 11) is 0. The van der Waals surface area contributed by atoms with E-state index < -0.39 is 0 Å². The zero-order valence-electron chi connectivity index (χ0n) is 14.7. The average Bonchev–Trinajstić information content (AvgIpc) is 3.24. The summed E-state index contributed by atoms with van der Waals surface area (Å²) >= 11 is 0. The largest absolute Gasteiger partial charge is 0.486 e. The van der Waals surface area contributed by atoms with Crippen LogP contribution in [0.1, 0.15) is 10.5 Å². The van der Waals surface area contributed by atoms with Crippen LogP contribution < -0.4 is 14.8 Å². The van der Waals surface area contributed by atoms with Gasteiger partial charge in [0.05, 0.1) is 11.2 Å². The van der Waals surface area contributed by atoms with Crippen LogP contribution in [0.3, 0.4) is 0 Å². The Kier molecular flexibility index (Phi) is 3.90. The number of pyridine rings is 1. The van der Waals surface area contributed by atoms with E-state index >= 15 is 0 Å². The third-order valence-corrected chi connectivity index (χ3v) is 4.45. The third-order valence-electron chi connectivity index (χ3n) is 4.45. The smallest absolute Gasteiger partial charge is 0.277 e. The molecule has 0 atom stereocenters. The predicted octanol–water partition coefficient (Wildman–Crippen LogP) is 3.91. The first-order chi connectivity index (χ1) is 13.8. The van der Waals surface area contributed by atoms with E-state index in [2.05, 4.69) is 15.5 Å². The van der Waals surface area contributed by atoms with Gasteiger partial charge in [0.1, 0.15) is 13.2 Å². The highest BCUT2D eigenvalue weighted by atomic mass is 16.6. The van der Waals surface area contributed by atoms with Crippen LogP contribution in [-0.4, -0.2) is 29.3 Å². The van der Waals surface area contributed by atoms with Crippen LogP contribution in [0, 0.1) is 0 Å². The van der Waals surface area contributed by atoms with Crippen molar-refractivity contribution in [1.29, 1.82) is 0 Å². The van der Waals surface area contributed by atoms with Gasteiger partial charge in [-0.3, -0.25) is 9.78 Å². The number of carbonyl (C=O) groups is 1. The molecule has 0 bridgehead atoms. The first-order valence-electron chi connectivity index (χ1n) is 8.80. The van der Waals surface area contributed by atoms with E-state index in [9.17, 15) is 4.79 Å². The van der Waals surface area contributed by atoms with Gasteiger partial charge in [-0.1, -0.05) is 23.4 Å². The molecule has 1 aliphatic heterocycles. The van der Waals surface area contributed by atoms with Crippen molar-refractivity contribution in [2.24, 2.45) is 0 Å². The van der Waals surface area contributed by atoms with Crippen molar-refractivity contribution in [3.8, 4) is 22.8 Å². The molecule has 2 aromatic carbocycles. The van der Waals surface area contributed by atoms with Gasteiger partial charge in [0.15, 0.2) is 23.0 Å².